The fourth-order valence-electron chi connectivity index (χ4n) is 0. The Morgan fingerprint density at radius 2 is 1.20 bits per heavy atom. The first-order valence-corrected chi connectivity index (χ1v) is 10.2. The van der Waals surface area contributed by atoms with E-state index in [9.17, 15) is 0 Å². The molecule has 0 spiro atoms. The molecule has 31 valence electrons. The van der Waals surface area contributed by atoms with E-state index >= 15 is 0 Å². The summed E-state index contributed by atoms with van der Waals surface area (Å²) in [6, 6.07) is 0. The summed E-state index contributed by atoms with van der Waals surface area (Å²) in [4.78, 5) is 0. The van der Waals surface area contributed by atoms with Crippen LogP contribution in [0.3, 0.4) is 0 Å². The average Bonchev–Trinajstić information content (AvgIpc) is 1.00. The molecule has 0 saturated carbocycles. The van der Waals surface area contributed by atoms with E-state index in [0.29, 0.717) is 0 Å². The molecule has 0 aromatic rings. The van der Waals surface area contributed by atoms with Gasteiger partial charge >= 0.3 is 42.9 Å². The summed E-state index contributed by atoms with van der Waals surface area (Å²) in [5, 5.41) is 0. The minimum absolute atomic E-state index is 0. The maximum atomic E-state index is 2.12. The minimum atomic E-state index is 0. The molecule has 0 unspecified atom stereocenters. The van der Waals surface area contributed by atoms with Crippen molar-refractivity contribution in [2.45, 2.75) is 0 Å². The monoisotopic (exact) mass is 531 g/mol. The Bertz CT molecular complexity index is 11.6. The molecule has 0 nitrogen and oxygen atoms in total. The van der Waals surface area contributed by atoms with Crippen LogP contribution in [-0.2, 0) is 68.2 Å². The van der Waals surface area contributed by atoms with E-state index in [2.05, 4.69) is 13.3 Å². The second-order valence-electron chi connectivity index (χ2n) is 0. The van der Waals surface area contributed by atoms with Crippen LogP contribution in [0.25, 0.3) is 0 Å². The summed E-state index contributed by atoms with van der Waals surface area (Å²) in [6.07, 6.45) is 0. The summed E-state index contributed by atoms with van der Waals surface area (Å²) < 4.78 is 0. The van der Waals surface area contributed by atoms with Gasteiger partial charge in [-0.15, -0.1) is 0 Å². The minimum Gasteiger partial charge on any atom is 0 e. The second kappa shape index (κ2) is 25.6. The second-order valence-corrected chi connectivity index (χ2v) is 0. The third-order valence-corrected chi connectivity index (χ3v) is 0. The van der Waals surface area contributed by atoms with Crippen molar-refractivity contribution in [3.63, 3.8) is 0 Å². The molecule has 5 heteroatoms. The van der Waals surface area contributed by atoms with E-state index < -0.39 is 0 Å². The van der Waals surface area contributed by atoms with Gasteiger partial charge in [0.2, 0.25) is 0 Å². The van der Waals surface area contributed by atoms with Crippen molar-refractivity contribution in [2.75, 3.05) is 0 Å². The molecule has 5 heavy (non-hydrogen) atoms. The fraction of sp³-hybridized carbons (Fsp3) is 0. The van der Waals surface area contributed by atoms with E-state index in [1.807, 2.05) is 0 Å². The summed E-state index contributed by atoms with van der Waals surface area (Å²) in [5.74, 6) is 0. The molecule has 0 aliphatic rings. The van der Waals surface area contributed by atoms with Crippen molar-refractivity contribution >= 4 is 0 Å². The maximum absolute atomic E-state index is 2.12. The van der Waals surface area contributed by atoms with E-state index in [1.54, 1.807) is 0 Å². The van der Waals surface area contributed by atoms with Crippen molar-refractivity contribution < 1.29 is 97.8 Å². The molecule has 0 N–H and O–H groups in total. The van der Waals surface area contributed by atoms with Gasteiger partial charge in [0.25, 0.3) is 0 Å². The zero-order valence-electron chi connectivity index (χ0n) is 2.12. The van der Waals surface area contributed by atoms with Crippen LogP contribution >= 0.6 is 0 Å². The van der Waals surface area contributed by atoms with Gasteiger partial charge in [-0.05, 0) is 0 Å². The van der Waals surface area contributed by atoms with Gasteiger partial charge in [0, 0.05) is 54.9 Å². The summed E-state index contributed by atoms with van der Waals surface area (Å²) >= 11 is 3.29. The van der Waals surface area contributed by atoms with Crippen LogP contribution in [0.15, 0.2) is 0 Å². The fourth-order valence-corrected chi connectivity index (χ4v) is 0. The average molecular weight is 529 g/mol. The van der Waals surface area contributed by atoms with Gasteiger partial charge in [-0.25, -0.2) is 0 Å². The normalized spacial score (nSPS) is 0.600. The van der Waals surface area contributed by atoms with Crippen LogP contribution in [0.2, 0.25) is 0 Å². The topological polar surface area (TPSA) is 0 Å². The molecule has 0 rings (SSSR count). The summed E-state index contributed by atoms with van der Waals surface area (Å²) in [5.41, 5.74) is 0. The maximum Gasteiger partial charge on any atom is 0 e. The predicted molar refractivity (Wildman–Crippen MR) is 0 cm³/mol. The van der Waals surface area contributed by atoms with Gasteiger partial charge in [0.1, 0.15) is 0 Å². The van der Waals surface area contributed by atoms with Crippen LogP contribution in [0, 0.1) is 29.6 Å². The largest absolute Gasteiger partial charge is 0 e. The van der Waals surface area contributed by atoms with Crippen molar-refractivity contribution in [3.8, 4) is 0 Å². The molecule has 0 atom stereocenters. The van der Waals surface area contributed by atoms with Crippen LogP contribution in [0.1, 0.15) is 0 Å². The van der Waals surface area contributed by atoms with Crippen LogP contribution < -0.4 is 0 Å². The first-order chi connectivity index (χ1) is 1.00. The molecule has 0 heterocycles. The Balaban J connectivity index is -0.00000000167. The molecule has 0 aromatic carbocycles. The summed E-state index contributed by atoms with van der Waals surface area (Å²) in [6.45, 7) is 0. The van der Waals surface area contributed by atoms with E-state index in [4.69, 9.17) is 0 Å². The van der Waals surface area contributed by atoms with Crippen LogP contribution in [0.5, 0.6) is 0 Å². The first-order valence-electron chi connectivity index (χ1n) is 0.236. The molecule has 0 saturated heterocycles. The van der Waals surface area contributed by atoms with Crippen LogP contribution in [-0.4, -0.2) is 0 Å². The molecule has 0 bridgehead atoms. The van der Waals surface area contributed by atoms with E-state index in [0.717, 1.165) is 0 Å². The van der Waals surface area contributed by atoms with Crippen molar-refractivity contribution in [3.05, 3.63) is 0 Å². The van der Waals surface area contributed by atoms with E-state index in [1.165, 1.54) is 29.6 Å². The van der Waals surface area contributed by atoms with Crippen molar-refractivity contribution in [2.24, 2.45) is 0 Å². The molecule has 0 fully saturated rings. The van der Waals surface area contributed by atoms with Gasteiger partial charge in [-0.3, -0.25) is 0 Å². The van der Waals surface area contributed by atoms with Crippen molar-refractivity contribution in [1.29, 1.82) is 0 Å². The smallest absolute Gasteiger partial charge is 0 e. The Labute approximate surface area is 95.4 Å². The first kappa shape index (κ1) is 23.5. The standard InChI is InChI=1S/Cr.La.Mo.Ni.W. The number of hydrogen-bond donors (Lipinski definition) is 0. The van der Waals surface area contributed by atoms with Gasteiger partial charge in [-0.2, -0.15) is 0 Å². The Morgan fingerprint density at radius 3 is 1.20 bits per heavy atom. The van der Waals surface area contributed by atoms with Gasteiger partial charge in [-0.1, -0.05) is 0 Å². The Hall–Kier alpha value is 3.60. The summed E-state index contributed by atoms with van der Waals surface area (Å²) in [7, 11) is 0. The molecule has 0 aliphatic carbocycles. The quantitative estimate of drug-likeness (QED) is 0.388. The zero-order valence-corrected chi connectivity index (χ0v) is 12.9. The van der Waals surface area contributed by atoms with Crippen molar-refractivity contribution in [1.82, 2.24) is 0 Å². The third-order valence-electron chi connectivity index (χ3n) is 0. The Morgan fingerprint density at radius 1 is 1.20 bits per heavy atom. The van der Waals surface area contributed by atoms with Gasteiger partial charge < -0.3 is 0 Å². The Kier molecular flexibility index (Phi) is 120. The SMILES string of the molecule is [Cr].[Mo][La].[Ni].[W]. The van der Waals surface area contributed by atoms with Crippen LogP contribution in [0.4, 0.5) is 0 Å². The molecular weight excluding hydrogens is 529 g/mol. The molecule has 0 amide bonds. The third kappa shape index (κ3) is 18.4. The predicted octanol–water partition coefficient (Wildman–Crippen LogP) is -0.0100. The van der Waals surface area contributed by atoms with Gasteiger partial charge in [0.05, 0.1) is 0 Å². The van der Waals surface area contributed by atoms with E-state index in [-0.39, 0.29) is 54.9 Å². The number of hydrogen-bond acceptors (Lipinski definition) is 0. The van der Waals surface area contributed by atoms with Gasteiger partial charge in [0.15, 0.2) is 0 Å². The molecule has 0 aliphatic heterocycles. The number of rotatable bonds is 0. The zero-order chi connectivity index (χ0) is 2.00. The molecule has 0 aromatic heterocycles. The molecule has 0 radical (unpaired) electrons. The molecular formula is CrLaMoNiW.